The molecule has 3 heterocycles. The number of ether oxygens (including phenoxy) is 3. The fraction of sp³-hybridized carbons (Fsp3) is 0.357. The summed E-state index contributed by atoms with van der Waals surface area (Å²) < 4.78 is 19.3. The third-order valence-corrected chi connectivity index (χ3v) is 6.93. The summed E-state index contributed by atoms with van der Waals surface area (Å²) in [7, 11) is 4.72. The van der Waals surface area contributed by atoms with Crippen LogP contribution in [-0.2, 0) is 16.1 Å². The summed E-state index contributed by atoms with van der Waals surface area (Å²) in [5.41, 5.74) is 5.00. The van der Waals surface area contributed by atoms with Crippen LogP contribution < -0.4 is 19.5 Å². The Labute approximate surface area is 210 Å². The number of methoxy groups -OCH3 is 3. The average molecular weight is 490 g/mol. The second-order valence-corrected chi connectivity index (χ2v) is 9.61. The van der Waals surface area contributed by atoms with E-state index in [4.69, 9.17) is 14.2 Å². The normalized spacial score (nSPS) is 16.8. The zero-order valence-corrected chi connectivity index (χ0v) is 21.5. The highest BCUT2D eigenvalue weighted by molar-refractivity contribution is 6.11. The molecule has 0 bridgehead atoms. The number of hydrogen-bond donors (Lipinski definition) is 1. The summed E-state index contributed by atoms with van der Waals surface area (Å²) in [4.78, 5) is 27.4. The number of nitrogens with one attached hydrogen (secondary N) is 1. The largest absolute Gasteiger partial charge is 0.493 e. The first-order valence-corrected chi connectivity index (χ1v) is 12.0. The van der Waals surface area contributed by atoms with Crippen molar-refractivity contribution in [2.24, 2.45) is 5.92 Å². The van der Waals surface area contributed by atoms with Crippen LogP contribution in [-0.4, -0.2) is 49.2 Å². The topological polar surface area (TPSA) is 82.0 Å². The molecule has 0 saturated heterocycles. The first kappa shape index (κ1) is 23.8. The minimum Gasteiger partial charge on any atom is -0.493 e. The van der Waals surface area contributed by atoms with Crippen LogP contribution in [0.5, 0.6) is 17.2 Å². The fourth-order valence-electron chi connectivity index (χ4n) is 5.49. The molecule has 8 heteroatoms. The quantitative estimate of drug-likeness (QED) is 0.548. The van der Waals surface area contributed by atoms with E-state index in [1.807, 2.05) is 24.3 Å². The molecule has 2 aliphatic heterocycles. The molecule has 2 aliphatic rings. The van der Waals surface area contributed by atoms with Gasteiger partial charge in [0.2, 0.25) is 11.7 Å². The van der Waals surface area contributed by atoms with E-state index in [0.29, 0.717) is 28.7 Å². The lowest BCUT2D eigenvalue weighted by molar-refractivity contribution is -0.139. The lowest BCUT2D eigenvalue weighted by atomic mass is 9.83. The van der Waals surface area contributed by atoms with Gasteiger partial charge in [-0.05, 0) is 29.7 Å². The van der Waals surface area contributed by atoms with E-state index in [1.54, 1.807) is 21.3 Å². The van der Waals surface area contributed by atoms with Crippen LogP contribution in [0, 0.1) is 5.92 Å². The van der Waals surface area contributed by atoms with Crippen molar-refractivity contribution in [1.82, 2.24) is 9.47 Å². The number of anilines is 1. The van der Waals surface area contributed by atoms with E-state index in [0.717, 1.165) is 40.0 Å². The molecule has 188 valence electrons. The number of aromatic nitrogens is 1. The Morgan fingerprint density at radius 3 is 2.44 bits per heavy atom. The molecule has 0 spiro atoms. The Morgan fingerprint density at radius 1 is 1.06 bits per heavy atom. The summed E-state index contributed by atoms with van der Waals surface area (Å²) in [5.74, 6) is 0.832. The summed E-state index contributed by atoms with van der Waals surface area (Å²) in [6.07, 6.45) is 2.14. The highest BCUT2D eigenvalue weighted by Gasteiger charge is 2.43. The Hall–Kier alpha value is -3.94. The van der Waals surface area contributed by atoms with Crippen LogP contribution in [0.25, 0.3) is 10.9 Å². The Kier molecular flexibility index (Phi) is 5.90. The van der Waals surface area contributed by atoms with Crippen LogP contribution in [0.15, 0.2) is 47.8 Å². The number of rotatable bonds is 6. The molecule has 36 heavy (non-hydrogen) atoms. The maximum atomic E-state index is 13.8. The number of benzene rings is 2. The predicted octanol–water partition coefficient (Wildman–Crippen LogP) is 4.52. The molecular formula is C28H31N3O5. The summed E-state index contributed by atoms with van der Waals surface area (Å²) in [6, 6.07) is 9.88. The first-order chi connectivity index (χ1) is 17.3. The van der Waals surface area contributed by atoms with E-state index in [9.17, 15) is 9.59 Å². The van der Waals surface area contributed by atoms with E-state index >= 15 is 0 Å². The second-order valence-electron chi connectivity index (χ2n) is 9.61. The number of carbonyl (C=O) groups excluding carboxylic acids is 2. The van der Waals surface area contributed by atoms with Crippen LogP contribution >= 0.6 is 0 Å². The van der Waals surface area contributed by atoms with E-state index < -0.39 is 5.92 Å². The highest BCUT2D eigenvalue weighted by atomic mass is 16.5. The maximum Gasteiger partial charge on any atom is 0.259 e. The molecule has 2 amide bonds. The Morgan fingerprint density at radius 2 is 1.81 bits per heavy atom. The van der Waals surface area contributed by atoms with Crippen LogP contribution in [0.3, 0.4) is 0 Å². The number of amides is 2. The smallest absolute Gasteiger partial charge is 0.259 e. The van der Waals surface area contributed by atoms with Gasteiger partial charge in [0.15, 0.2) is 11.5 Å². The van der Waals surface area contributed by atoms with Crippen molar-refractivity contribution in [1.29, 1.82) is 0 Å². The molecule has 1 atom stereocenters. The predicted molar refractivity (Wildman–Crippen MR) is 138 cm³/mol. The fourth-order valence-corrected chi connectivity index (χ4v) is 5.49. The molecule has 0 unspecified atom stereocenters. The van der Waals surface area contributed by atoms with Gasteiger partial charge in [0.25, 0.3) is 5.91 Å². The monoisotopic (exact) mass is 489 g/mol. The number of nitrogens with zero attached hydrogens (tertiary/aromatic N) is 2. The van der Waals surface area contributed by atoms with Crippen molar-refractivity contribution in [3.63, 3.8) is 0 Å². The SMILES string of the molecule is COc1ccc([C@@H]2C3=C(CN(C(C)=O)C3=O)Nc3cccc4c3c2cn4CC(C)C)c(OC)c1OC. The van der Waals surface area contributed by atoms with Crippen molar-refractivity contribution in [2.45, 2.75) is 33.2 Å². The van der Waals surface area contributed by atoms with Crippen molar-refractivity contribution < 1.29 is 23.8 Å². The van der Waals surface area contributed by atoms with Gasteiger partial charge in [-0.25, -0.2) is 0 Å². The van der Waals surface area contributed by atoms with Crippen molar-refractivity contribution in [3.05, 3.63) is 58.9 Å². The van der Waals surface area contributed by atoms with Gasteiger partial charge in [0.05, 0.1) is 39.0 Å². The zero-order chi connectivity index (χ0) is 25.7. The standard InChI is InChI=1S/C28H31N3O5/c1-15(2)12-30-13-18-23(17-10-11-22(34-4)27(36-6)26(17)35-5)25-20(14-31(16(3)32)28(25)33)29-19-8-7-9-21(30)24(18)19/h7-11,13,15,23,29H,12,14H2,1-6H3/t23-/m0/s1. The molecule has 0 aliphatic carbocycles. The number of hydrogen-bond acceptors (Lipinski definition) is 6. The van der Waals surface area contributed by atoms with Gasteiger partial charge in [0.1, 0.15) is 0 Å². The lowest BCUT2D eigenvalue weighted by Crippen LogP contribution is -2.33. The van der Waals surface area contributed by atoms with Crippen molar-refractivity contribution in [2.75, 3.05) is 33.2 Å². The van der Waals surface area contributed by atoms with Crippen molar-refractivity contribution >= 4 is 28.4 Å². The summed E-state index contributed by atoms with van der Waals surface area (Å²) in [6.45, 7) is 6.80. The summed E-state index contributed by atoms with van der Waals surface area (Å²) in [5, 5.41) is 4.56. The molecule has 8 nitrogen and oxygen atoms in total. The van der Waals surface area contributed by atoms with Crippen molar-refractivity contribution in [3.8, 4) is 17.2 Å². The molecule has 1 N–H and O–H groups in total. The minimum atomic E-state index is -0.487. The van der Waals surface area contributed by atoms with Gasteiger partial charge in [-0.15, -0.1) is 0 Å². The van der Waals surface area contributed by atoms with Crippen LogP contribution in [0.4, 0.5) is 5.69 Å². The maximum absolute atomic E-state index is 13.8. The van der Waals surface area contributed by atoms with E-state index in [-0.39, 0.29) is 18.4 Å². The zero-order valence-electron chi connectivity index (χ0n) is 21.5. The Bertz CT molecular complexity index is 1420. The summed E-state index contributed by atoms with van der Waals surface area (Å²) >= 11 is 0. The lowest BCUT2D eigenvalue weighted by Gasteiger charge is -2.23. The van der Waals surface area contributed by atoms with Crippen LogP contribution in [0.2, 0.25) is 0 Å². The molecule has 3 aromatic rings. The van der Waals surface area contributed by atoms with Gasteiger partial charge in [0, 0.05) is 47.9 Å². The molecule has 1 aromatic heterocycles. The minimum absolute atomic E-state index is 0.197. The molecule has 0 saturated carbocycles. The van der Waals surface area contributed by atoms with Gasteiger partial charge in [-0.2, -0.15) is 0 Å². The second kappa shape index (κ2) is 8.93. The molecule has 5 rings (SSSR count). The first-order valence-electron chi connectivity index (χ1n) is 12.0. The van der Waals surface area contributed by atoms with Gasteiger partial charge in [-0.3, -0.25) is 14.5 Å². The van der Waals surface area contributed by atoms with Crippen LogP contribution in [0.1, 0.15) is 37.8 Å². The average Bonchev–Trinajstić information content (AvgIpc) is 3.32. The van der Waals surface area contributed by atoms with E-state index in [2.05, 4.69) is 36.0 Å². The van der Waals surface area contributed by atoms with Gasteiger partial charge in [-0.1, -0.05) is 26.0 Å². The van der Waals surface area contributed by atoms with Gasteiger partial charge >= 0.3 is 0 Å². The number of carbonyl (C=O) groups is 2. The van der Waals surface area contributed by atoms with E-state index in [1.165, 1.54) is 11.8 Å². The number of imide groups is 1. The third kappa shape index (κ3) is 3.51. The Balaban J connectivity index is 1.85. The molecule has 2 aromatic carbocycles. The molecular weight excluding hydrogens is 458 g/mol. The third-order valence-electron chi connectivity index (χ3n) is 6.93. The molecule has 0 fully saturated rings. The highest BCUT2D eigenvalue weighted by Crippen LogP contribution is 2.51. The van der Waals surface area contributed by atoms with Gasteiger partial charge < -0.3 is 24.1 Å². The molecule has 0 radical (unpaired) electrons.